The van der Waals surface area contributed by atoms with Gasteiger partial charge in [0, 0.05) is 18.8 Å². The topological polar surface area (TPSA) is 72.6 Å². The van der Waals surface area contributed by atoms with Crippen molar-refractivity contribution in [3.63, 3.8) is 0 Å². The Morgan fingerprint density at radius 1 is 1.19 bits per heavy atom. The molecule has 0 bridgehead atoms. The molecule has 1 unspecified atom stereocenters. The molecular weight excluding hydrogens is 381 g/mol. The van der Waals surface area contributed by atoms with Crippen molar-refractivity contribution >= 4 is 15.7 Å². The summed E-state index contributed by atoms with van der Waals surface area (Å²) in [4.78, 5) is 0.824. The number of benzene rings is 2. The van der Waals surface area contributed by atoms with Crippen LogP contribution in [0.1, 0.15) is 22.8 Å². The first-order valence-corrected chi connectivity index (χ1v) is 9.78. The number of sulfonamides is 1. The van der Waals surface area contributed by atoms with Crippen LogP contribution in [0.3, 0.4) is 0 Å². The molecule has 1 atom stereocenters. The molecule has 0 aliphatic carbocycles. The lowest BCUT2D eigenvalue weighted by Crippen LogP contribution is -2.38. The van der Waals surface area contributed by atoms with Crippen LogP contribution < -0.4 is 10.0 Å². The number of nitrogens with zero attached hydrogens (tertiary/aromatic N) is 1. The molecule has 3 rings (SSSR count). The summed E-state index contributed by atoms with van der Waals surface area (Å²) in [6, 6.07) is 10.7. The fourth-order valence-electron chi connectivity index (χ4n) is 3.20. The Kier molecular flexibility index (Phi) is 5.20. The highest BCUT2D eigenvalue weighted by atomic mass is 32.2. The first kappa shape index (κ1) is 19.7. The second-order valence-corrected chi connectivity index (χ2v) is 7.92. The zero-order chi connectivity index (χ0) is 19.8. The van der Waals surface area contributed by atoms with Crippen molar-refractivity contribution in [1.82, 2.24) is 0 Å². The normalized spacial score (nSPS) is 18.6. The maximum absolute atomic E-state index is 13.4. The van der Waals surface area contributed by atoms with Gasteiger partial charge in [0.1, 0.15) is 6.10 Å². The molecule has 1 heterocycles. The van der Waals surface area contributed by atoms with Gasteiger partial charge in [0.15, 0.2) is 0 Å². The summed E-state index contributed by atoms with van der Waals surface area (Å²) in [6.45, 7) is 3.04. The van der Waals surface area contributed by atoms with Crippen LogP contribution in [-0.4, -0.2) is 28.1 Å². The highest BCUT2D eigenvalue weighted by Crippen LogP contribution is 2.37. The smallest absolute Gasteiger partial charge is 0.370 e. The Morgan fingerprint density at radius 3 is 2.52 bits per heavy atom. The zero-order valence-electron chi connectivity index (χ0n) is 14.5. The highest BCUT2D eigenvalue weighted by Gasteiger charge is 2.37. The molecule has 0 spiro atoms. The van der Waals surface area contributed by atoms with Crippen LogP contribution in [0.2, 0.25) is 0 Å². The molecule has 9 heteroatoms. The number of aryl methyl sites for hydroxylation is 1. The van der Waals surface area contributed by atoms with E-state index in [2.05, 4.69) is 0 Å². The van der Waals surface area contributed by atoms with E-state index in [0.717, 1.165) is 23.3 Å². The molecule has 27 heavy (non-hydrogen) atoms. The van der Waals surface area contributed by atoms with E-state index in [-0.39, 0.29) is 11.8 Å². The molecule has 0 radical (unpaired) electrons. The molecule has 1 aliphatic heterocycles. The van der Waals surface area contributed by atoms with Gasteiger partial charge < -0.3 is 9.64 Å². The maximum atomic E-state index is 13.4. The van der Waals surface area contributed by atoms with E-state index in [1.807, 2.05) is 31.2 Å². The number of halogens is 3. The number of anilines is 1. The molecule has 5 nitrogen and oxygen atoms in total. The molecule has 0 aromatic heterocycles. The summed E-state index contributed by atoms with van der Waals surface area (Å²) in [6.07, 6.45) is -5.12. The number of hydrogen-bond acceptors (Lipinski definition) is 4. The zero-order valence-corrected chi connectivity index (χ0v) is 15.3. The van der Waals surface area contributed by atoms with Crippen LogP contribution >= 0.6 is 0 Å². The monoisotopic (exact) mass is 400 g/mol. The van der Waals surface area contributed by atoms with Crippen molar-refractivity contribution in [3.8, 4) is 0 Å². The van der Waals surface area contributed by atoms with Gasteiger partial charge in [-0.25, -0.2) is 13.6 Å². The average molecular weight is 400 g/mol. The number of nitrogens with two attached hydrogens (primary N) is 1. The van der Waals surface area contributed by atoms with Crippen LogP contribution in [0, 0.1) is 6.92 Å². The van der Waals surface area contributed by atoms with E-state index in [1.54, 1.807) is 4.90 Å². The van der Waals surface area contributed by atoms with E-state index in [4.69, 9.17) is 9.88 Å². The number of morpholine rings is 1. The Labute approximate surface area is 155 Å². The lowest BCUT2D eigenvalue weighted by Gasteiger charge is -2.35. The van der Waals surface area contributed by atoms with Gasteiger partial charge in [-0.2, -0.15) is 13.2 Å². The van der Waals surface area contributed by atoms with Gasteiger partial charge in [0.05, 0.1) is 17.1 Å². The third-order valence-corrected chi connectivity index (χ3v) is 5.51. The Hall–Kier alpha value is -2.10. The van der Waals surface area contributed by atoms with Crippen LogP contribution in [-0.2, 0) is 20.9 Å². The lowest BCUT2D eigenvalue weighted by atomic mass is 10.0. The summed E-state index contributed by atoms with van der Waals surface area (Å²) < 4.78 is 68.9. The number of hydrogen-bond donors (Lipinski definition) is 1. The number of ether oxygens (including phenoxy) is 1. The van der Waals surface area contributed by atoms with Crippen molar-refractivity contribution < 1.29 is 26.3 Å². The first-order chi connectivity index (χ1) is 12.6. The third-order valence-electron chi connectivity index (χ3n) is 4.54. The maximum Gasteiger partial charge on any atom is 0.417 e. The molecule has 2 aromatic rings. The van der Waals surface area contributed by atoms with Crippen LogP contribution in [0.25, 0.3) is 0 Å². The van der Waals surface area contributed by atoms with Crippen molar-refractivity contribution in [1.29, 1.82) is 0 Å². The summed E-state index contributed by atoms with van der Waals surface area (Å²) >= 11 is 0. The van der Waals surface area contributed by atoms with Gasteiger partial charge >= 0.3 is 6.18 Å². The number of rotatable bonds is 3. The first-order valence-electron chi connectivity index (χ1n) is 8.23. The van der Waals surface area contributed by atoms with Gasteiger partial charge in [0.2, 0.25) is 10.0 Å². The minimum atomic E-state index is -4.83. The largest absolute Gasteiger partial charge is 0.417 e. The Bertz CT molecular complexity index is 945. The lowest BCUT2D eigenvalue weighted by molar-refractivity contribution is -0.139. The van der Waals surface area contributed by atoms with Gasteiger partial charge in [0.25, 0.3) is 0 Å². The number of alkyl halides is 3. The van der Waals surface area contributed by atoms with Crippen LogP contribution in [0.4, 0.5) is 18.9 Å². The second-order valence-electron chi connectivity index (χ2n) is 6.39. The molecule has 0 saturated carbocycles. The molecule has 1 fully saturated rings. The van der Waals surface area contributed by atoms with E-state index in [9.17, 15) is 21.6 Å². The van der Waals surface area contributed by atoms with E-state index in [0.29, 0.717) is 19.7 Å². The van der Waals surface area contributed by atoms with Gasteiger partial charge in [-0.05, 0) is 36.2 Å². The second kappa shape index (κ2) is 7.14. The number of primary sulfonamides is 1. The standard InChI is InChI=1S/C18H19F3N2O3S/c1-12-4-2-3-5-14(12)16-11-23(8-9-26-16)13-6-7-17(27(22,24)25)15(10-13)18(19,20)21/h2-7,10,16H,8-9,11H2,1H3,(H2,22,24,25). The molecule has 2 aromatic carbocycles. The van der Waals surface area contributed by atoms with Crippen molar-refractivity contribution in [3.05, 3.63) is 59.2 Å². The van der Waals surface area contributed by atoms with E-state index < -0.39 is 26.7 Å². The van der Waals surface area contributed by atoms with Crippen LogP contribution in [0.5, 0.6) is 0 Å². The molecule has 0 amide bonds. The third kappa shape index (κ3) is 4.26. The summed E-state index contributed by atoms with van der Waals surface area (Å²) in [5.41, 5.74) is 1.02. The van der Waals surface area contributed by atoms with Crippen molar-refractivity contribution in [2.24, 2.45) is 5.14 Å². The molecule has 2 N–H and O–H groups in total. The SMILES string of the molecule is Cc1ccccc1C1CN(c2ccc(S(N)(=O)=O)c(C(F)(F)F)c2)CCO1. The summed E-state index contributed by atoms with van der Waals surface area (Å²) in [7, 11) is -4.49. The minimum Gasteiger partial charge on any atom is -0.370 e. The summed E-state index contributed by atoms with van der Waals surface area (Å²) in [5.74, 6) is 0. The average Bonchev–Trinajstić information content (AvgIpc) is 2.60. The summed E-state index contributed by atoms with van der Waals surface area (Å²) in [5, 5.41) is 4.94. The fourth-order valence-corrected chi connectivity index (χ4v) is 3.94. The van der Waals surface area contributed by atoms with E-state index in [1.165, 1.54) is 6.07 Å². The Morgan fingerprint density at radius 2 is 1.89 bits per heavy atom. The van der Waals surface area contributed by atoms with Crippen molar-refractivity contribution in [2.45, 2.75) is 24.1 Å². The Balaban J connectivity index is 1.95. The van der Waals surface area contributed by atoms with Gasteiger partial charge in [-0.1, -0.05) is 24.3 Å². The van der Waals surface area contributed by atoms with E-state index >= 15 is 0 Å². The molecule has 1 aliphatic rings. The van der Waals surface area contributed by atoms with Crippen molar-refractivity contribution in [2.75, 3.05) is 24.6 Å². The predicted octanol–water partition coefficient (Wildman–Crippen LogP) is 3.24. The highest BCUT2D eigenvalue weighted by molar-refractivity contribution is 7.89. The molecule has 1 saturated heterocycles. The molecule has 146 valence electrons. The predicted molar refractivity (Wildman–Crippen MR) is 94.9 cm³/mol. The quantitative estimate of drug-likeness (QED) is 0.859. The molecular formula is C18H19F3N2O3S. The van der Waals surface area contributed by atoms with Gasteiger partial charge in [-0.15, -0.1) is 0 Å². The van der Waals surface area contributed by atoms with Gasteiger partial charge in [-0.3, -0.25) is 0 Å². The fraction of sp³-hybridized carbons (Fsp3) is 0.333. The van der Waals surface area contributed by atoms with Crippen LogP contribution in [0.15, 0.2) is 47.4 Å². The minimum absolute atomic E-state index is 0.275.